The van der Waals surface area contributed by atoms with Gasteiger partial charge in [0, 0.05) is 12.0 Å². The van der Waals surface area contributed by atoms with Gasteiger partial charge in [-0.15, -0.1) is 12.4 Å². The van der Waals surface area contributed by atoms with Gasteiger partial charge < -0.3 is 16.0 Å². The first kappa shape index (κ1) is 20.4. The number of carbonyl (C=O) groups is 2. The lowest BCUT2D eigenvalue weighted by Crippen LogP contribution is -2.30. The average molecular weight is 328 g/mol. The number of hydrogen-bond donors (Lipinski definition) is 3. The minimum Gasteiger partial charge on any atom is -0.352 e. The van der Waals surface area contributed by atoms with E-state index in [0.717, 1.165) is 13.0 Å². The van der Waals surface area contributed by atoms with Gasteiger partial charge in [0.1, 0.15) is 0 Å². The summed E-state index contributed by atoms with van der Waals surface area (Å²) >= 11 is 0. The highest BCUT2D eigenvalue weighted by Gasteiger charge is 2.22. The van der Waals surface area contributed by atoms with Crippen LogP contribution >= 0.6 is 12.4 Å². The standard InChI is InChI=1S/C16H25N3O2.ClH/c1-16(2,3)15(21)19-13-9-6-5-8-12(13)14(20)18-11-7-10-17-4;/h5-6,8-9,17H,7,10-11H2,1-4H3,(H,18,20)(H,19,21);1H. The van der Waals surface area contributed by atoms with Gasteiger partial charge in [0.15, 0.2) is 0 Å². The number of amides is 2. The van der Waals surface area contributed by atoms with Crippen molar-refractivity contribution in [3.05, 3.63) is 29.8 Å². The Kier molecular flexibility index (Phi) is 8.75. The molecule has 1 aromatic carbocycles. The zero-order valence-electron chi connectivity index (χ0n) is 13.7. The van der Waals surface area contributed by atoms with Crippen molar-refractivity contribution in [2.45, 2.75) is 27.2 Å². The summed E-state index contributed by atoms with van der Waals surface area (Å²) in [6.45, 7) is 6.96. The zero-order chi connectivity index (χ0) is 15.9. The van der Waals surface area contributed by atoms with E-state index in [4.69, 9.17) is 0 Å². The molecule has 0 saturated carbocycles. The fourth-order valence-electron chi connectivity index (χ4n) is 1.66. The molecule has 2 amide bonds. The lowest BCUT2D eigenvalue weighted by molar-refractivity contribution is -0.123. The topological polar surface area (TPSA) is 70.2 Å². The molecule has 0 aliphatic rings. The summed E-state index contributed by atoms with van der Waals surface area (Å²) in [6.07, 6.45) is 0.860. The summed E-state index contributed by atoms with van der Waals surface area (Å²) in [5.74, 6) is -0.283. The summed E-state index contributed by atoms with van der Waals surface area (Å²) in [5.41, 5.74) is 0.527. The molecular formula is C16H26ClN3O2. The fraction of sp³-hybridized carbons (Fsp3) is 0.500. The van der Waals surface area contributed by atoms with Gasteiger partial charge in [-0.2, -0.15) is 0 Å². The third-order valence-corrected chi connectivity index (χ3v) is 2.99. The van der Waals surface area contributed by atoms with E-state index in [0.29, 0.717) is 17.8 Å². The van der Waals surface area contributed by atoms with Crippen LogP contribution in [0.2, 0.25) is 0 Å². The lowest BCUT2D eigenvalue weighted by atomic mass is 9.95. The van der Waals surface area contributed by atoms with E-state index in [2.05, 4.69) is 16.0 Å². The Hall–Kier alpha value is -1.59. The highest BCUT2D eigenvalue weighted by Crippen LogP contribution is 2.20. The maximum atomic E-state index is 12.2. The number of hydrogen-bond acceptors (Lipinski definition) is 3. The minimum absolute atomic E-state index is 0. The predicted molar refractivity (Wildman–Crippen MR) is 92.7 cm³/mol. The fourth-order valence-corrected chi connectivity index (χ4v) is 1.66. The normalized spacial score (nSPS) is 10.5. The minimum atomic E-state index is -0.504. The highest BCUT2D eigenvalue weighted by atomic mass is 35.5. The molecule has 0 bridgehead atoms. The molecule has 0 saturated heterocycles. The third kappa shape index (κ3) is 6.45. The Morgan fingerprint density at radius 1 is 1.09 bits per heavy atom. The number of rotatable bonds is 6. The molecule has 0 spiro atoms. The Labute approximate surface area is 138 Å². The second-order valence-corrected chi connectivity index (χ2v) is 5.96. The summed E-state index contributed by atoms with van der Waals surface area (Å²) in [6, 6.07) is 7.04. The van der Waals surface area contributed by atoms with E-state index in [-0.39, 0.29) is 24.2 Å². The van der Waals surface area contributed by atoms with E-state index in [9.17, 15) is 9.59 Å². The van der Waals surface area contributed by atoms with Crippen LogP contribution in [-0.4, -0.2) is 32.0 Å². The molecule has 0 aliphatic heterocycles. The van der Waals surface area contributed by atoms with Crippen LogP contribution in [0.15, 0.2) is 24.3 Å². The molecule has 1 aromatic rings. The number of nitrogens with one attached hydrogen (secondary N) is 3. The van der Waals surface area contributed by atoms with Crippen molar-refractivity contribution in [1.29, 1.82) is 0 Å². The molecule has 5 nitrogen and oxygen atoms in total. The van der Waals surface area contributed by atoms with Crippen molar-refractivity contribution < 1.29 is 9.59 Å². The first-order chi connectivity index (χ1) is 9.86. The van der Waals surface area contributed by atoms with Crippen LogP contribution in [0.1, 0.15) is 37.6 Å². The smallest absolute Gasteiger partial charge is 0.253 e. The average Bonchev–Trinajstić information content (AvgIpc) is 2.43. The lowest BCUT2D eigenvalue weighted by Gasteiger charge is -2.19. The zero-order valence-corrected chi connectivity index (χ0v) is 14.5. The van der Waals surface area contributed by atoms with Crippen molar-refractivity contribution in [2.24, 2.45) is 5.41 Å². The van der Waals surface area contributed by atoms with Crippen LogP contribution in [0.25, 0.3) is 0 Å². The predicted octanol–water partition coefficient (Wildman–Crippen LogP) is 2.43. The second-order valence-electron chi connectivity index (χ2n) is 5.96. The third-order valence-electron chi connectivity index (χ3n) is 2.99. The van der Waals surface area contributed by atoms with Crippen molar-refractivity contribution in [3.63, 3.8) is 0 Å². The Bertz CT molecular complexity index is 498. The molecule has 6 heteroatoms. The number of anilines is 1. The summed E-state index contributed by atoms with van der Waals surface area (Å²) in [7, 11) is 1.87. The summed E-state index contributed by atoms with van der Waals surface area (Å²) < 4.78 is 0. The van der Waals surface area contributed by atoms with Crippen LogP contribution in [0.4, 0.5) is 5.69 Å². The summed E-state index contributed by atoms with van der Waals surface area (Å²) in [4.78, 5) is 24.2. The largest absolute Gasteiger partial charge is 0.352 e. The first-order valence-electron chi connectivity index (χ1n) is 7.19. The van der Waals surface area contributed by atoms with E-state index < -0.39 is 5.41 Å². The van der Waals surface area contributed by atoms with Gasteiger partial charge in [-0.3, -0.25) is 9.59 Å². The van der Waals surface area contributed by atoms with Crippen LogP contribution in [0.5, 0.6) is 0 Å². The highest BCUT2D eigenvalue weighted by molar-refractivity contribution is 6.04. The van der Waals surface area contributed by atoms with Crippen molar-refractivity contribution in [1.82, 2.24) is 10.6 Å². The first-order valence-corrected chi connectivity index (χ1v) is 7.19. The van der Waals surface area contributed by atoms with Gasteiger partial charge in [0.05, 0.1) is 11.3 Å². The van der Waals surface area contributed by atoms with Gasteiger partial charge in [0.2, 0.25) is 5.91 Å². The molecule has 124 valence electrons. The Morgan fingerprint density at radius 3 is 2.32 bits per heavy atom. The molecule has 22 heavy (non-hydrogen) atoms. The van der Waals surface area contributed by atoms with E-state index in [1.54, 1.807) is 24.3 Å². The van der Waals surface area contributed by atoms with Crippen LogP contribution < -0.4 is 16.0 Å². The summed E-state index contributed by atoms with van der Waals surface area (Å²) in [5, 5.41) is 8.70. The van der Waals surface area contributed by atoms with Gasteiger partial charge in [-0.05, 0) is 32.1 Å². The maximum Gasteiger partial charge on any atom is 0.253 e. The van der Waals surface area contributed by atoms with Crippen LogP contribution in [0, 0.1) is 5.41 Å². The monoisotopic (exact) mass is 327 g/mol. The molecule has 0 aliphatic carbocycles. The number of halogens is 1. The molecule has 1 rings (SSSR count). The SMILES string of the molecule is CNCCCNC(=O)c1ccccc1NC(=O)C(C)(C)C.Cl. The van der Waals surface area contributed by atoms with Gasteiger partial charge in [-0.25, -0.2) is 0 Å². The Morgan fingerprint density at radius 2 is 1.73 bits per heavy atom. The van der Waals surface area contributed by atoms with Gasteiger partial charge in [0.25, 0.3) is 5.91 Å². The van der Waals surface area contributed by atoms with E-state index in [1.165, 1.54) is 0 Å². The molecule has 3 N–H and O–H groups in total. The van der Waals surface area contributed by atoms with Crippen LogP contribution in [-0.2, 0) is 4.79 Å². The molecule has 0 atom stereocenters. The molecule has 0 heterocycles. The Balaban J connectivity index is 0.00000441. The van der Waals surface area contributed by atoms with Crippen LogP contribution in [0.3, 0.4) is 0 Å². The number of benzene rings is 1. The van der Waals surface area contributed by atoms with Crippen molar-refractivity contribution in [3.8, 4) is 0 Å². The van der Waals surface area contributed by atoms with Crippen molar-refractivity contribution in [2.75, 3.05) is 25.5 Å². The maximum absolute atomic E-state index is 12.2. The molecular weight excluding hydrogens is 302 g/mol. The molecule has 0 aromatic heterocycles. The molecule has 0 radical (unpaired) electrons. The van der Waals surface area contributed by atoms with E-state index in [1.807, 2.05) is 27.8 Å². The van der Waals surface area contributed by atoms with Gasteiger partial charge in [-0.1, -0.05) is 32.9 Å². The molecule has 0 unspecified atom stereocenters. The number of para-hydroxylation sites is 1. The number of carbonyl (C=O) groups excluding carboxylic acids is 2. The molecule has 0 fully saturated rings. The van der Waals surface area contributed by atoms with Crippen molar-refractivity contribution >= 4 is 29.9 Å². The van der Waals surface area contributed by atoms with E-state index >= 15 is 0 Å². The quantitative estimate of drug-likeness (QED) is 0.703. The van der Waals surface area contributed by atoms with Gasteiger partial charge >= 0.3 is 0 Å². The second kappa shape index (κ2) is 9.43.